The fourth-order valence-electron chi connectivity index (χ4n) is 2.08. The summed E-state index contributed by atoms with van der Waals surface area (Å²) >= 11 is 0. The fraction of sp³-hybridized carbons (Fsp3) is 0.400. The third-order valence-corrected chi connectivity index (χ3v) is 3.20. The molecule has 0 aliphatic carbocycles. The fourth-order valence-corrected chi connectivity index (χ4v) is 2.08. The molecule has 2 aromatic rings. The molecule has 0 aliphatic heterocycles. The summed E-state index contributed by atoms with van der Waals surface area (Å²) in [5.41, 5.74) is 2.53. The first-order valence-corrected chi connectivity index (χ1v) is 6.19. The zero-order chi connectivity index (χ0) is 13.3. The van der Waals surface area contributed by atoms with E-state index in [9.17, 15) is 4.79 Å². The molecule has 0 saturated heterocycles. The minimum atomic E-state index is -0.761. The van der Waals surface area contributed by atoms with Crippen LogP contribution in [0.4, 0.5) is 0 Å². The summed E-state index contributed by atoms with van der Waals surface area (Å²) in [6, 6.07) is 8.44. The number of fused-ring (bicyclic) bond motifs is 1. The molecule has 1 heterocycles. The number of carbonyl (C=O) groups is 1. The Balaban J connectivity index is 2.35. The quantitative estimate of drug-likeness (QED) is 0.900. The molecule has 18 heavy (non-hydrogen) atoms. The molecule has 2 rings (SSSR count). The molecule has 0 bridgehead atoms. The van der Waals surface area contributed by atoms with Crippen molar-refractivity contribution in [1.82, 2.24) is 4.57 Å². The Morgan fingerprint density at radius 3 is 2.61 bits per heavy atom. The number of carboxylic acid groups (broad SMARTS) is 1. The van der Waals surface area contributed by atoms with E-state index in [2.05, 4.69) is 39.0 Å². The first-order valence-electron chi connectivity index (χ1n) is 6.19. The van der Waals surface area contributed by atoms with E-state index in [0.29, 0.717) is 6.54 Å². The summed E-state index contributed by atoms with van der Waals surface area (Å²) in [6.07, 6.45) is 2.12. The third-order valence-electron chi connectivity index (χ3n) is 3.20. The summed E-state index contributed by atoms with van der Waals surface area (Å²) in [7, 11) is 0. The number of carboxylic acids is 1. The second-order valence-electron chi connectivity index (χ2n) is 5.68. The standard InChI is InChI=1S/C15H19NO2/c1-15(2,3)12-4-5-13-11(10-12)6-8-16(13)9-7-14(17)18/h4-6,8,10H,7,9H2,1-3H3,(H,17,18). The third kappa shape index (κ3) is 2.55. The Bertz CT molecular complexity index is 576. The van der Waals surface area contributed by atoms with Crippen LogP contribution in [0.1, 0.15) is 32.8 Å². The highest BCUT2D eigenvalue weighted by molar-refractivity contribution is 5.81. The lowest BCUT2D eigenvalue weighted by molar-refractivity contribution is -0.137. The maximum absolute atomic E-state index is 10.6. The van der Waals surface area contributed by atoms with Crippen LogP contribution in [-0.2, 0) is 16.8 Å². The van der Waals surface area contributed by atoms with E-state index in [1.165, 1.54) is 10.9 Å². The van der Waals surface area contributed by atoms with E-state index in [1.54, 1.807) is 0 Å². The zero-order valence-electron chi connectivity index (χ0n) is 11.1. The summed E-state index contributed by atoms with van der Waals surface area (Å²) in [5.74, 6) is -0.761. The lowest BCUT2D eigenvalue weighted by Crippen LogP contribution is -2.10. The van der Waals surface area contributed by atoms with Gasteiger partial charge in [-0.15, -0.1) is 0 Å². The van der Waals surface area contributed by atoms with Crippen LogP contribution in [0.2, 0.25) is 0 Å². The second-order valence-corrected chi connectivity index (χ2v) is 5.68. The van der Waals surface area contributed by atoms with Crippen molar-refractivity contribution in [2.24, 2.45) is 0 Å². The maximum atomic E-state index is 10.6. The predicted molar refractivity (Wildman–Crippen MR) is 72.9 cm³/mol. The van der Waals surface area contributed by atoms with Crippen molar-refractivity contribution >= 4 is 16.9 Å². The lowest BCUT2D eigenvalue weighted by atomic mass is 9.86. The van der Waals surface area contributed by atoms with Crippen LogP contribution < -0.4 is 0 Å². The molecular formula is C15H19NO2. The van der Waals surface area contributed by atoms with Crippen LogP contribution in [0, 0.1) is 0 Å². The van der Waals surface area contributed by atoms with Crippen molar-refractivity contribution < 1.29 is 9.90 Å². The van der Waals surface area contributed by atoms with Crippen molar-refractivity contribution in [3.63, 3.8) is 0 Å². The van der Waals surface area contributed by atoms with Gasteiger partial charge >= 0.3 is 5.97 Å². The molecule has 0 radical (unpaired) electrons. The van der Waals surface area contributed by atoms with E-state index >= 15 is 0 Å². The minimum Gasteiger partial charge on any atom is -0.481 e. The number of aromatic nitrogens is 1. The van der Waals surface area contributed by atoms with E-state index in [-0.39, 0.29) is 11.8 Å². The number of hydrogen-bond donors (Lipinski definition) is 1. The molecule has 0 saturated carbocycles. The molecule has 3 nitrogen and oxygen atoms in total. The number of hydrogen-bond acceptors (Lipinski definition) is 1. The van der Waals surface area contributed by atoms with Gasteiger partial charge in [-0.25, -0.2) is 0 Å². The lowest BCUT2D eigenvalue weighted by Gasteiger charge is -2.19. The highest BCUT2D eigenvalue weighted by atomic mass is 16.4. The van der Waals surface area contributed by atoms with Crippen LogP contribution in [0.15, 0.2) is 30.5 Å². The molecule has 0 unspecified atom stereocenters. The van der Waals surface area contributed by atoms with E-state index in [0.717, 1.165) is 5.52 Å². The molecule has 3 heteroatoms. The number of rotatable bonds is 3. The number of benzene rings is 1. The molecule has 1 N–H and O–H groups in total. The Morgan fingerprint density at radius 1 is 1.28 bits per heavy atom. The summed E-state index contributed by atoms with van der Waals surface area (Å²) in [5, 5.41) is 9.90. The summed E-state index contributed by atoms with van der Waals surface area (Å²) < 4.78 is 2.00. The monoisotopic (exact) mass is 245 g/mol. The van der Waals surface area contributed by atoms with Gasteiger partial charge in [0.1, 0.15) is 0 Å². The molecule has 0 aliphatic rings. The van der Waals surface area contributed by atoms with E-state index in [1.807, 2.05) is 16.8 Å². The van der Waals surface area contributed by atoms with Gasteiger partial charge in [0.2, 0.25) is 0 Å². The van der Waals surface area contributed by atoms with Gasteiger partial charge in [-0.1, -0.05) is 26.8 Å². The Kier molecular flexibility index (Phi) is 3.16. The molecule has 0 spiro atoms. The smallest absolute Gasteiger partial charge is 0.305 e. The minimum absolute atomic E-state index is 0.136. The van der Waals surface area contributed by atoms with Crippen molar-refractivity contribution in [2.75, 3.05) is 0 Å². The van der Waals surface area contributed by atoms with Gasteiger partial charge in [-0.05, 0) is 34.6 Å². The molecule has 1 aromatic heterocycles. The SMILES string of the molecule is CC(C)(C)c1ccc2c(ccn2CCC(=O)O)c1. The second kappa shape index (κ2) is 4.48. The van der Waals surface area contributed by atoms with Gasteiger partial charge in [0, 0.05) is 18.3 Å². The van der Waals surface area contributed by atoms with Crippen LogP contribution in [0.5, 0.6) is 0 Å². The average Bonchev–Trinajstić information content (AvgIpc) is 2.67. The summed E-state index contributed by atoms with van der Waals surface area (Å²) in [4.78, 5) is 10.6. The van der Waals surface area contributed by atoms with Gasteiger partial charge in [0.05, 0.1) is 6.42 Å². The molecule has 0 fully saturated rings. The largest absolute Gasteiger partial charge is 0.481 e. The Morgan fingerprint density at radius 2 is 2.00 bits per heavy atom. The van der Waals surface area contributed by atoms with Gasteiger partial charge in [0.25, 0.3) is 0 Å². The number of aliphatic carboxylic acids is 1. The van der Waals surface area contributed by atoms with Crippen molar-refractivity contribution in [3.05, 3.63) is 36.0 Å². The first kappa shape index (κ1) is 12.7. The molecular weight excluding hydrogens is 226 g/mol. The molecule has 0 atom stereocenters. The van der Waals surface area contributed by atoms with Crippen LogP contribution >= 0.6 is 0 Å². The maximum Gasteiger partial charge on any atom is 0.305 e. The van der Waals surface area contributed by atoms with Crippen molar-refractivity contribution in [1.29, 1.82) is 0 Å². The first-order chi connectivity index (χ1) is 8.38. The number of aryl methyl sites for hydroxylation is 1. The predicted octanol–water partition coefficient (Wildman–Crippen LogP) is 3.41. The van der Waals surface area contributed by atoms with Gasteiger partial charge in [0.15, 0.2) is 0 Å². The van der Waals surface area contributed by atoms with E-state index < -0.39 is 5.97 Å². The van der Waals surface area contributed by atoms with Gasteiger partial charge in [-0.3, -0.25) is 4.79 Å². The van der Waals surface area contributed by atoms with Crippen LogP contribution in [0.25, 0.3) is 10.9 Å². The van der Waals surface area contributed by atoms with E-state index in [4.69, 9.17) is 5.11 Å². The average molecular weight is 245 g/mol. The highest BCUT2D eigenvalue weighted by Crippen LogP contribution is 2.26. The van der Waals surface area contributed by atoms with Crippen LogP contribution in [-0.4, -0.2) is 15.6 Å². The molecule has 96 valence electrons. The molecule has 0 amide bonds. The van der Waals surface area contributed by atoms with Gasteiger partial charge < -0.3 is 9.67 Å². The Labute approximate surface area is 107 Å². The normalized spacial score (nSPS) is 11.9. The molecule has 1 aromatic carbocycles. The van der Waals surface area contributed by atoms with Crippen molar-refractivity contribution in [2.45, 2.75) is 39.2 Å². The number of nitrogens with zero attached hydrogens (tertiary/aromatic N) is 1. The summed E-state index contributed by atoms with van der Waals surface area (Å²) in [6.45, 7) is 7.09. The Hall–Kier alpha value is -1.77. The van der Waals surface area contributed by atoms with Crippen molar-refractivity contribution in [3.8, 4) is 0 Å². The van der Waals surface area contributed by atoms with Gasteiger partial charge in [-0.2, -0.15) is 0 Å². The zero-order valence-corrected chi connectivity index (χ0v) is 11.1. The highest BCUT2D eigenvalue weighted by Gasteiger charge is 2.14. The van der Waals surface area contributed by atoms with Crippen LogP contribution in [0.3, 0.4) is 0 Å². The topological polar surface area (TPSA) is 42.2 Å².